The standard InChI is InChI=1S/C16H14N4O3/c1-9-2-3-10(8-13(9)17)15-14(16(22)23)18-19-20(15)11-4-6-12(21)7-5-11/h2-8,21H,17H2,1H3,(H,22,23). The topological polar surface area (TPSA) is 114 Å². The van der Waals surface area contributed by atoms with E-state index < -0.39 is 5.97 Å². The quantitative estimate of drug-likeness (QED) is 0.639. The molecule has 0 amide bonds. The Hall–Kier alpha value is -3.35. The van der Waals surface area contributed by atoms with E-state index in [1.165, 1.54) is 16.8 Å². The highest BCUT2D eigenvalue weighted by atomic mass is 16.4. The number of benzene rings is 2. The molecule has 3 aromatic rings. The molecule has 0 saturated carbocycles. The van der Waals surface area contributed by atoms with Crippen LogP contribution in [0.15, 0.2) is 42.5 Å². The Kier molecular flexibility index (Phi) is 3.46. The van der Waals surface area contributed by atoms with Crippen molar-refractivity contribution in [3.8, 4) is 22.7 Å². The average Bonchev–Trinajstić information content (AvgIpc) is 2.96. The number of aromatic nitrogens is 3. The summed E-state index contributed by atoms with van der Waals surface area (Å²) in [6.45, 7) is 1.87. The van der Waals surface area contributed by atoms with Gasteiger partial charge in [0.15, 0.2) is 5.69 Å². The lowest BCUT2D eigenvalue weighted by Crippen LogP contribution is -2.03. The number of carboxylic acid groups (broad SMARTS) is 1. The zero-order valence-electron chi connectivity index (χ0n) is 12.3. The van der Waals surface area contributed by atoms with Crippen LogP contribution in [0, 0.1) is 6.92 Å². The first-order valence-electron chi connectivity index (χ1n) is 6.82. The summed E-state index contributed by atoms with van der Waals surface area (Å²) < 4.78 is 1.41. The Bertz CT molecular complexity index is 885. The summed E-state index contributed by atoms with van der Waals surface area (Å²) in [4.78, 5) is 11.5. The van der Waals surface area contributed by atoms with Gasteiger partial charge in [-0.15, -0.1) is 5.10 Å². The molecule has 0 radical (unpaired) electrons. The van der Waals surface area contributed by atoms with Crippen molar-refractivity contribution in [2.45, 2.75) is 6.92 Å². The summed E-state index contributed by atoms with van der Waals surface area (Å²) in [5.41, 5.74) is 8.73. The van der Waals surface area contributed by atoms with Gasteiger partial charge in [-0.2, -0.15) is 0 Å². The number of anilines is 1. The normalized spacial score (nSPS) is 10.7. The van der Waals surface area contributed by atoms with Gasteiger partial charge in [-0.3, -0.25) is 0 Å². The van der Waals surface area contributed by atoms with E-state index in [1.54, 1.807) is 24.3 Å². The molecule has 7 heteroatoms. The van der Waals surface area contributed by atoms with Crippen LogP contribution in [0.25, 0.3) is 16.9 Å². The molecule has 116 valence electrons. The molecule has 4 N–H and O–H groups in total. The summed E-state index contributed by atoms with van der Waals surface area (Å²) in [6.07, 6.45) is 0. The van der Waals surface area contributed by atoms with Crippen LogP contribution in [-0.4, -0.2) is 31.2 Å². The molecule has 0 atom stereocenters. The summed E-state index contributed by atoms with van der Waals surface area (Å²) >= 11 is 0. The molecular formula is C16H14N4O3. The maximum absolute atomic E-state index is 11.5. The number of aryl methyl sites for hydroxylation is 1. The van der Waals surface area contributed by atoms with Crippen molar-refractivity contribution in [3.05, 3.63) is 53.7 Å². The number of rotatable bonds is 3. The Balaban J connectivity index is 2.24. The number of aromatic carboxylic acids is 1. The fourth-order valence-corrected chi connectivity index (χ4v) is 2.25. The Morgan fingerprint density at radius 2 is 1.87 bits per heavy atom. The van der Waals surface area contributed by atoms with Crippen LogP contribution in [0.2, 0.25) is 0 Å². The number of carbonyl (C=O) groups is 1. The van der Waals surface area contributed by atoms with Gasteiger partial charge in [0.1, 0.15) is 11.4 Å². The fourth-order valence-electron chi connectivity index (χ4n) is 2.25. The van der Waals surface area contributed by atoms with Gasteiger partial charge in [-0.05, 0) is 42.8 Å². The first kappa shape index (κ1) is 14.6. The Morgan fingerprint density at radius 1 is 1.17 bits per heavy atom. The van der Waals surface area contributed by atoms with Crippen molar-refractivity contribution < 1.29 is 15.0 Å². The zero-order valence-corrected chi connectivity index (χ0v) is 12.3. The number of nitrogen functional groups attached to an aromatic ring is 1. The molecule has 0 aliphatic rings. The van der Waals surface area contributed by atoms with Crippen molar-refractivity contribution >= 4 is 11.7 Å². The predicted molar refractivity (Wildman–Crippen MR) is 84.6 cm³/mol. The number of hydrogen-bond acceptors (Lipinski definition) is 5. The van der Waals surface area contributed by atoms with E-state index >= 15 is 0 Å². The lowest BCUT2D eigenvalue weighted by molar-refractivity contribution is 0.0691. The van der Waals surface area contributed by atoms with Gasteiger partial charge in [-0.25, -0.2) is 9.48 Å². The fraction of sp³-hybridized carbons (Fsp3) is 0.0625. The van der Waals surface area contributed by atoms with Crippen molar-refractivity contribution in [3.63, 3.8) is 0 Å². The van der Waals surface area contributed by atoms with Crippen LogP contribution >= 0.6 is 0 Å². The Morgan fingerprint density at radius 3 is 2.48 bits per heavy atom. The predicted octanol–water partition coefficient (Wildman–Crippen LogP) is 2.23. The molecule has 0 spiro atoms. The third-order valence-corrected chi connectivity index (χ3v) is 3.52. The van der Waals surface area contributed by atoms with Crippen LogP contribution in [0.1, 0.15) is 16.1 Å². The molecule has 3 rings (SSSR count). The first-order chi connectivity index (χ1) is 11.0. The number of carboxylic acids is 1. The van der Waals surface area contributed by atoms with Gasteiger partial charge in [-0.1, -0.05) is 17.3 Å². The van der Waals surface area contributed by atoms with Crippen molar-refractivity contribution in [1.29, 1.82) is 0 Å². The van der Waals surface area contributed by atoms with E-state index in [0.717, 1.165) is 5.56 Å². The third-order valence-electron chi connectivity index (χ3n) is 3.52. The average molecular weight is 310 g/mol. The molecule has 1 heterocycles. The van der Waals surface area contributed by atoms with Crippen LogP contribution in [0.3, 0.4) is 0 Å². The van der Waals surface area contributed by atoms with Crippen molar-refractivity contribution in [2.75, 3.05) is 5.73 Å². The van der Waals surface area contributed by atoms with Crippen LogP contribution in [0.4, 0.5) is 5.69 Å². The summed E-state index contributed by atoms with van der Waals surface area (Å²) in [5, 5.41) is 26.4. The van der Waals surface area contributed by atoms with Crippen LogP contribution < -0.4 is 5.73 Å². The highest BCUT2D eigenvalue weighted by Gasteiger charge is 2.22. The number of hydrogen-bond donors (Lipinski definition) is 3. The van der Waals surface area contributed by atoms with Gasteiger partial charge in [0, 0.05) is 11.3 Å². The van der Waals surface area contributed by atoms with Crippen LogP contribution in [0.5, 0.6) is 5.75 Å². The minimum Gasteiger partial charge on any atom is -0.508 e. The lowest BCUT2D eigenvalue weighted by atomic mass is 10.1. The molecule has 7 nitrogen and oxygen atoms in total. The number of nitrogens with two attached hydrogens (primary N) is 1. The summed E-state index contributed by atoms with van der Waals surface area (Å²) in [7, 11) is 0. The molecular weight excluding hydrogens is 296 g/mol. The van der Waals surface area contributed by atoms with Gasteiger partial charge in [0.25, 0.3) is 0 Å². The first-order valence-corrected chi connectivity index (χ1v) is 6.82. The second-order valence-electron chi connectivity index (χ2n) is 5.09. The molecule has 23 heavy (non-hydrogen) atoms. The van der Waals surface area contributed by atoms with Crippen LogP contribution in [-0.2, 0) is 0 Å². The van der Waals surface area contributed by atoms with E-state index in [-0.39, 0.29) is 11.4 Å². The van der Waals surface area contributed by atoms with Gasteiger partial charge in [0.05, 0.1) is 5.69 Å². The molecule has 0 aliphatic carbocycles. The minimum absolute atomic E-state index is 0.105. The van der Waals surface area contributed by atoms with Gasteiger partial charge >= 0.3 is 5.97 Å². The lowest BCUT2D eigenvalue weighted by Gasteiger charge is -2.09. The summed E-state index contributed by atoms with van der Waals surface area (Å²) in [6, 6.07) is 11.5. The maximum atomic E-state index is 11.5. The maximum Gasteiger partial charge on any atom is 0.358 e. The van der Waals surface area contributed by atoms with Crippen molar-refractivity contribution in [2.24, 2.45) is 0 Å². The van der Waals surface area contributed by atoms with E-state index in [0.29, 0.717) is 22.6 Å². The highest BCUT2D eigenvalue weighted by molar-refractivity contribution is 5.93. The number of phenolic OH excluding ortho intramolecular Hbond substituents is 1. The minimum atomic E-state index is -1.18. The highest BCUT2D eigenvalue weighted by Crippen LogP contribution is 2.28. The Labute approximate surface area is 131 Å². The SMILES string of the molecule is Cc1ccc(-c2c(C(=O)O)nnn2-c2ccc(O)cc2)cc1N. The molecule has 0 aliphatic heterocycles. The van der Waals surface area contributed by atoms with E-state index in [2.05, 4.69) is 10.3 Å². The molecule has 0 fully saturated rings. The van der Waals surface area contributed by atoms with E-state index in [1.807, 2.05) is 13.0 Å². The van der Waals surface area contributed by atoms with Crippen molar-refractivity contribution in [1.82, 2.24) is 15.0 Å². The van der Waals surface area contributed by atoms with Gasteiger partial charge in [0.2, 0.25) is 0 Å². The monoisotopic (exact) mass is 310 g/mol. The van der Waals surface area contributed by atoms with E-state index in [9.17, 15) is 15.0 Å². The number of nitrogens with zero attached hydrogens (tertiary/aromatic N) is 3. The molecule has 2 aromatic carbocycles. The molecule has 0 unspecified atom stereocenters. The number of phenols is 1. The number of aromatic hydroxyl groups is 1. The molecule has 0 saturated heterocycles. The molecule has 0 bridgehead atoms. The largest absolute Gasteiger partial charge is 0.508 e. The third kappa shape index (κ3) is 2.59. The van der Waals surface area contributed by atoms with Gasteiger partial charge < -0.3 is 15.9 Å². The second kappa shape index (κ2) is 5.45. The van der Waals surface area contributed by atoms with E-state index in [4.69, 9.17) is 5.73 Å². The summed E-state index contributed by atoms with van der Waals surface area (Å²) in [5.74, 6) is -1.07. The smallest absolute Gasteiger partial charge is 0.358 e. The zero-order chi connectivity index (χ0) is 16.6. The molecule has 1 aromatic heterocycles. The second-order valence-corrected chi connectivity index (χ2v) is 5.09.